The Balaban J connectivity index is 1.46. The van der Waals surface area contributed by atoms with Crippen LogP contribution < -0.4 is 4.74 Å². The molecule has 23 heavy (non-hydrogen) atoms. The van der Waals surface area contributed by atoms with E-state index in [1.807, 2.05) is 24.0 Å². The average molecular weight is 318 g/mol. The molecule has 1 aromatic heterocycles. The lowest BCUT2D eigenvalue weighted by atomic mass is 9.56. The number of rotatable bonds is 6. The molecule has 2 heterocycles. The number of aliphatic hydroxyl groups excluding tert-OH is 1. The summed E-state index contributed by atoms with van der Waals surface area (Å²) in [7, 11) is 1.64. The summed E-state index contributed by atoms with van der Waals surface area (Å²) in [4.78, 5) is 18.6. The normalized spacial score (nSPS) is 20.7. The van der Waals surface area contributed by atoms with Gasteiger partial charge in [0.25, 0.3) is 0 Å². The molecule has 1 spiro atoms. The van der Waals surface area contributed by atoms with Crippen molar-refractivity contribution in [2.24, 2.45) is 17.3 Å². The van der Waals surface area contributed by atoms with E-state index in [1.54, 1.807) is 7.11 Å². The monoisotopic (exact) mass is 318 g/mol. The number of aromatic nitrogens is 1. The van der Waals surface area contributed by atoms with E-state index in [9.17, 15) is 9.90 Å². The van der Waals surface area contributed by atoms with Crippen LogP contribution in [-0.2, 0) is 11.2 Å². The Hall–Kier alpha value is -1.62. The van der Waals surface area contributed by atoms with E-state index in [0.29, 0.717) is 23.6 Å². The molecule has 1 aliphatic heterocycles. The molecule has 1 N–H and O–H groups in total. The maximum atomic E-state index is 12.2. The number of nitrogens with zero attached hydrogens (tertiary/aromatic N) is 2. The highest BCUT2D eigenvalue weighted by Gasteiger charge is 2.53. The number of amides is 1. The van der Waals surface area contributed by atoms with Gasteiger partial charge in [-0.25, -0.2) is 4.98 Å². The highest BCUT2D eigenvalue weighted by molar-refractivity contribution is 5.80. The number of hydrogen-bond donors (Lipinski definition) is 1. The van der Waals surface area contributed by atoms with E-state index in [0.717, 1.165) is 25.2 Å². The van der Waals surface area contributed by atoms with Crippen molar-refractivity contribution < 1.29 is 14.6 Å². The zero-order chi connectivity index (χ0) is 16.4. The SMILES string of the molecule is CC[C@H](CO)C(=O)N1CC2(CC(Cc3cccc(OC)n3)C2)C1. The molecule has 1 atom stereocenters. The number of ether oxygens (including phenoxy) is 1. The van der Waals surface area contributed by atoms with E-state index in [2.05, 4.69) is 11.1 Å². The fourth-order valence-electron chi connectivity index (χ4n) is 4.11. The Morgan fingerprint density at radius 3 is 2.83 bits per heavy atom. The Labute approximate surface area is 137 Å². The molecule has 1 saturated heterocycles. The lowest BCUT2D eigenvalue weighted by Gasteiger charge is -2.59. The molecule has 0 bridgehead atoms. The molecule has 1 aliphatic carbocycles. The van der Waals surface area contributed by atoms with Crippen molar-refractivity contribution in [3.05, 3.63) is 23.9 Å². The van der Waals surface area contributed by atoms with Crippen LogP contribution >= 0.6 is 0 Å². The Morgan fingerprint density at radius 1 is 1.48 bits per heavy atom. The van der Waals surface area contributed by atoms with Gasteiger partial charge in [0, 0.05) is 30.3 Å². The maximum absolute atomic E-state index is 12.2. The molecule has 5 nitrogen and oxygen atoms in total. The van der Waals surface area contributed by atoms with E-state index in [1.165, 1.54) is 12.8 Å². The fraction of sp³-hybridized carbons (Fsp3) is 0.667. The van der Waals surface area contributed by atoms with Crippen LogP contribution in [0.2, 0.25) is 0 Å². The quantitative estimate of drug-likeness (QED) is 0.870. The Kier molecular flexibility index (Phi) is 4.57. The Morgan fingerprint density at radius 2 is 2.22 bits per heavy atom. The van der Waals surface area contributed by atoms with E-state index in [4.69, 9.17) is 4.74 Å². The molecule has 1 saturated carbocycles. The van der Waals surface area contributed by atoms with E-state index in [-0.39, 0.29) is 18.4 Å². The van der Waals surface area contributed by atoms with Crippen LogP contribution in [0.1, 0.15) is 31.9 Å². The second kappa shape index (κ2) is 6.48. The third-order valence-electron chi connectivity index (χ3n) is 5.36. The summed E-state index contributed by atoms with van der Waals surface area (Å²) in [5, 5.41) is 9.25. The molecule has 2 fully saturated rings. The summed E-state index contributed by atoms with van der Waals surface area (Å²) in [5.74, 6) is 1.24. The van der Waals surface area contributed by atoms with Gasteiger partial charge in [0.05, 0.1) is 19.6 Å². The van der Waals surface area contributed by atoms with Gasteiger partial charge in [-0.2, -0.15) is 0 Å². The summed E-state index contributed by atoms with van der Waals surface area (Å²) in [5.41, 5.74) is 1.43. The number of methoxy groups -OCH3 is 1. The lowest BCUT2D eigenvalue weighted by Crippen LogP contribution is -2.64. The predicted molar refractivity (Wildman–Crippen MR) is 87.1 cm³/mol. The highest BCUT2D eigenvalue weighted by atomic mass is 16.5. The van der Waals surface area contributed by atoms with Crippen molar-refractivity contribution in [2.45, 2.75) is 32.6 Å². The van der Waals surface area contributed by atoms with Gasteiger partial charge in [-0.05, 0) is 37.7 Å². The van der Waals surface area contributed by atoms with Gasteiger partial charge < -0.3 is 14.7 Å². The minimum absolute atomic E-state index is 0.0387. The number of pyridine rings is 1. The largest absolute Gasteiger partial charge is 0.481 e. The molecule has 0 aromatic carbocycles. The third kappa shape index (κ3) is 3.20. The average Bonchev–Trinajstić information content (AvgIpc) is 2.49. The third-order valence-corrected chi connectivity index (χ3v) is 5.36. The smallest absolute Gasteiger partial charge is 0.228 e. The van der Waals surface area contributed by atoms with Crippen molar-refractivity contribution in [1.82, 2.24) is 9.88 Å². The topological polar surface area (TPSA) is 62.7 Å². The van der Waals surface area contributed by atoms with Crippen molar-refractivity contribution >= 4 is 5.91 Å². The van der Waals surface area contributed by atoms with Crippen LogP contribution in [0.5, 0.6) is 5.88 Å². The molecular weight excluding hydrogens is 292 g/mol. The highest BCUT2D eigenvalue weighted by Crippen LogP contribution is 2.53. The van der Waals surface area contributed by atoms with Crippen molar-refractivity contribution in [3.8, 4) is 5.88 Å². The van der Waals surface area contributed by atoms with Gasteiger partial charge >= 0.3 is 0 Å². The summed E-state index contributed by atoms with van der Waals surface area (Å²) in [6.45, 7) is 3.65. The number of carbonyl (C=O) groups is 1. The van der Waals surface area contributed by atoms with Gasteiger partial charge in [-0.1, -0.05) is 13.0 Å². The van der Waals surface area contributed by atoms with Crippen LogP contribution in [0, 0.1) is 17.3 Å². The van der Waals surface area contributed by atoms with Crippen LogP contribution in [0.15, 0.2) is 18.2 Å². The molecular formula is C18H26N2O3. The second-order valence-electron chi connectivity index (χ2n) is 7.13. The maximum Gasteiger partial charge on any atom is 0.228 e. The number of carbonyl (C=O) groups excluding carboxylic acids is 1. The van der Waals surface area contributed by atoms with Crippen molar-refractivity contribution in [3.63, 3.8) is 0 Å². The zero-order valence-corrected chi connectivity index (χ0v) is 14.0. The molecule has 0 unspecified atom stereocenters. The number of aliphatic hydroxyl groups is 1. The van der Waals surface area contributed by atoms with Crippen LogP contribution in [0.3, 0.4) is 0 Å². The minimum atomic E-state index is -0.218. The summed E-state index contributed by atoms with van der Waals surface area (Å²) >= 11 is 0. The standard InChI is InChI=1S/C18H26N2O3/c1-3-14(10-21)17(22)20-11-18(12-20)8-13(9-18)7-15-5-4-6-16(19-15)23-2/h4-6,13-14,21H,3,7-12H2,1-2H3/t14-/m1/s1. The zero-order valence-electron chi connectivity index (χ0n) is 14.0. The summed E-state index contributed by atoms with van der Waals surface area (Å²) in [6, 6.07) is 5.91. The Bertz CT molecular complexity index is 557. The van der Waals surface area contributed by atoms with Gasteiger partial charge in [-0.3, -0.25) is 4.79 Å². The predicted octanol–water partition coefficient (Wildman–Crippen LogP) is 1.89. The first kappa shape index (κ1) is 16.2. The van der Waals surface area contributed by atoms with E-state index >= 15 is 0 Å². The fourth-order valence-corrected chi connectivity index (χ4v) is 4.11. The van der Waals surface area contributed by atoms with Crippen LogP contribution in [0.25, 0.3) is 0 Å². The summed E-state index contributed by atoms with van der Waals surface area (Å²) < 4.78 is 5.17. The summed E-state index contributed by atoms with van der Waals surface area (Å²) in [6.07, 6.45) is 4.04. The number of hydrogen-bond acceptors (Lipinski definition) is 4. The van der Waals surface area contributed by atoms with Gasteiger partial charge in [0.15, 0.2) is 0 Å². The molecule has 2 aliphatic rings. The first-order valence-electron chi connectivity index (χ1n) is 8.48. The van der Waals surface area contributed by atoms with Crippen molar-refractivity contribution in [1.29, 1.82) is 0 Å². The molecule has 1 amide bonds. The first-order valence-corrected chi connectivity index (χ1v) is 8.48. The molecule has 1 aromatic rings. The molecule has 0 radical (unpaired) electrons. The molecule has 5 heteroatoms. The lowest BCUT2D eigenvalue weighted by molar-refractivity contribution is -0.160. The van der Waals surface area contributed by atoms with Crippen LogP contribution in [-0.4, -0.2) is 47.7 Å². The van der Waals surface area contributed by atoms with Gasteiger partial charge in [-0.15, -0.1) is 0 Å². The first-order chi connectivity index (χ1) is 11.1. The van der Waals surface area contributed by atoms with E-state index < -0.39 is 0 Å². The number of likely N-dealkylation sites (tertiary alicyclic amines) is 1. The molecule has 3 rings (SSSR count). The second-order valence-corrected chi connectivity index (χ2v) is 7.13. The minimum Gasteiger partial charge on any atom is -0.481 e. The van der Waals surface area contributed by atoms with Gasteiger partial charge in [0.2, 0.25) is 11.8 Å². The van der Waals surface area contributed by atoms with Gasteiger partial charge in [0.1, 0.15) is 0 Å². The van der Waals surface area contributed by atoms with Crippen LogP contribution in [0.4, 0.5) is 0 Å². The molecule has 126 valence electrons. The van der Waals surface area contributed by atoms with Crippen molar-refractivity contribution in [2.75, 3.05) is 26.8 Å².